The average Bonchev–Trinajstić information content (AvgIpc) is 3.36. The Bertz CT molecular complexity index is 1230. The largest absolute Gasteiger partial charge is 0.465 e. The summed E-state index contributed by atoms with van der Waals surface area (Å²) >= 11 is 0. The van der Waals surface area contributed by atoms with Gasteiger partial charge in [0.25, 0.3) is 5.91 Å². The van der Waals surface area contributed by atoms with Crippen LogP contribution in [0.2, 0.25) is 0 Å². The fraction of sp³-hybridized carbons (Fsp3) is 0.393. The van der Waals surface area contributed by atoms with Crippen molar-refractivity contribution in [3.8, 4) is 0 Å². The topological polar surface area (TPSA) is 81.4 Å². The molecule has 176 valence electrons. The fourth-order valence-electron chi connectivity index (χ4n) is 5.24. The van der Waals surface area contributed by atoms with Crippen molar-refractivity contribution in [1.29, 1.82) is 0 Å². The SMILES string of the molecule is CC1CCCCC1NC(=O)COC(=O)c1c2c(nc3ccccc13)/C(=C/c1ccco1)CCC2. The van der Waals surface area contributed by atoms with Crippen molar-refractivity contribution in [2.24, 2.45) is 5.92 Å². The summed E-state index contributed by atoms with van der Waals surface area (Å²) in [7, 11) is 0. The molecule has 2 unspecified atom stereocenters. The zero-order valence-electron chi connectivity index (χ0n) is 19.5. The van der Waals surface area contributed by atoms with E-state index in [-0.39, 0.29) is 18.6 Å². The molecule has 1 amide bonds. The predicted octanol–water partition coefficient (Wildman–Crippen LogP) is 5.56. The summed E-state index contributed by atoms with van der Waals surface area (Å²) in [5, 5.41) is 3.82. The van der Waals surface area contributed by atoms with Crippen LogP contribution in [-0.4, -0.2) is 29.5 Å². The summed E-state index contributed by atoms with van der Waals surface area (Å²) < 4.78 is 11.1. The number of aromatic nitrogens is 1. The molecule has 1 aromatic carbocycles. The molecule has 1 saturated carbocycles. The number of pyridine rings is 1. The number of benzene rings is 1. The molecule has 2 heterocycles. The molecule has 0 bridgehead atoms. The van der Waals surface area contributed by atoms with Crippen LogP contribution in [0.5, 0.6) is 0 Å². The smallest absolute Gasteiger partial charge is 0.339 e. The lowest BCUT2D eigenvalue weighted by molar-refractivity contribution is -0.125. The number of ether oxygens (including phenoxy) is 1. The van der Waals surface area contributed by atoms with Crippen LogP contribution in [0, 0.1) is 5.92 Å². The molecule has 34 heavy (non-hydrogen) atoms. The maximum Gasteiger partial charge on any atom is 0.339 e. The highest BCUT2D eigenvalue weighted by atomic mass is 16.5. The van der Waals surface area contributed by atoms with Crippen LogP contribution in [0.4, 0.5) is 0 Å². The number of hydrogen-bond acceptors (Lipinski definition) is 5. The average molecular weight is 459 g/mol. The van der Waals surface area contributed by atoms with Gasteiger partial charge in [0, 0.05) is 11.4 Å². The van der Waals surface area contributed by atoms with E-state index >= 15 is 0 Å². The van der Waals surface area contributed by atoms with Crippen molar-refractivity contribution in [1.82, 2.24) is 10.3 Å². The minimum atomic E-state index is -0.471. The Morgan fingerprint density at radius 1 is 1.12 bits per heavy atom. The summed E-state index contributed by atoms with van der Waals surface area (Å²) in [5.74, 6) is 0.498. The van der Waals surface area contributed by atoms with E-state index in [1.54, 1.807) is 6.26 Å². The lowest BCUT2D eigenvalue weighted by Gasteiger charge is -2.29. The third kappa shape index (κ3) is 4.63. The Kier molecular flexibility index (Phi) is 6.48. The molecule has 0 saturated heterocycles. The summed E-state index contributed by atoms with van der Waals surface area (Å²) in [6, 6.07) is 11.5. The van der Waals surface area contributed by atoms with Gasteiger partial charge in [-0.05, 0) is 73.4 Å². The Hall–Kier alpha value is -3.41. The number of amides is 1. The molecule has 5 rings (SSSR count). The van der Waals surface area contributed by atoms with Gasteiger partial charge in [-0.3, -0.25) is 4.79 Å². The Balaban J connectivity index is 1.42. The molecule has 0 spiro atoms. The van der Waals surface area contributed by atoms with E-state index in [1.165, 1.54) is 6.42 Å². The van der Waals surface area contributed by atoms with Gasteiger partial charge >= 0.3 is 5.97 Å². The summed E-state index contributed by atoms with van der Waals surface area (Å²) in [6.45, 7) is 1.89. The molecule has 3 aromatic rings. The van der Waals surface area contributed by atoms with Gasteiger partial charge in [0.2, 0.25) is 0 Å². The van der Waals surface area contributed by atoms with Crippen molar-refractivity contribution < 1.29 is 18.7 Å². The second-order valence-corrected chi connectivity index (χ2v) is 9.38. The van der Waals surface area contributed by atoms with Gasteiger partial charge in [0.05, 0.1) is 23.0 Å². The standard InChI is InChI=1S/C28H30N2O4/c1-18-8-2-4-13-23(18)29-25(31)17-34-28(32)26-21-11-3-5-14-24(21)30-27-19(9-6-12-22(26)27)16-20-10-7-15-33-20/h3,5,7,10-11,14-16,18,23H,2,4,6,8-9,12-13,17H2,1H3,(H,29,31)/b19-16+. The zero-order chi connectivity index (χ0) is 23.5. The van der Waals surface area contributed by atoms with Gasteiger partial charge in [0.15, 0.2) is 6.61 Å². The van der Waals surface area contributed by atoms with Crippen LogP contribution in [0.25, 0.3) is 22.6 Å². The van der Waals surface area contributed by atoms with Crippen LogP contribution in [0.3, 0.4) is 0 Å². The number of fused-ring (bicyclic) bond motifs is 2. The first kappa shape index (κ1) is 22.4. The van der Waals surface area contributed by atoms with Gasteiger partial charge < -0.3 is 14.5 Å². The van der Waals surface area contributed by atoms with Crippen molar-refractivity contribution in [3.05, 3.63) is 65.2 Å². The van der Waals surface area contributed by atoms with Crippen LogP contribution in [0.15, 0.2) is 47.1 Å². The van der Waals surface area contributed by atoms with E-state index in [2.05, 4.69) is 12.2 Å². The van der Waals surface area contributed by atoms with Crippen molar-refractivity contribution in [2.75, 3.05) is 6.61 Å². The third-order valence-corrected chi connectivity index (χ3v) is 7.03. The highest BCUT2D eigenvalue weighted by Crippen LogP contribution is 2.36. The number of furan rings is 1. The van der Waals surface area contributed by atoms with Crippen LogP contribution in [-0.2, 0) is 16.0 Å². The number of allylic oxidation sites excluding steroid dienone is 1. The van der Waals surface area contributed by atoms with E-state index < -0.39 is 5.97 Å². The lowest BCUT2D eigenvalue weighted by Crippen LogP contribution is -2.42. The second-order valence-electron chi connectivity index (χ2n) is 9.38. The first-order valence-electron chi connectivity index (χ1n) is 12.2. The van der Waals surface area contributed by atoms with Crippen LogP contribution in [0.1, 0.15) is 72.8 Å². The normalized spacial score (nSPS) is 21.3. The molecule has 2 aliphatic carbocycles. The Labute approximate surface area is 199 Å². The monoisotopic (exact) mass is 458 g/mol. The molecular formula is C28H30N2O4. The number of carbonyl (C=O) groups is 2. The summed E-state index contributed by atoms with van der Waals surface area (Å²) in [6.07, 6.45) is 10.6. The minimum Gasteiger partial charge on any atom is -0.465 e. The number of rotatable bonds is 5. The summed E-state index contributed by atoms with van der Waals surface area (Å²) in [5.41, 5.74) is 3.99. The molecule has 1 fully saturated rings. The Morgan fingerprint density at radius 2 is 1.97 bits per heavy atom. The maximum atomic E-state index is 13.3. The molecule has 6 heteroatoms. The number of nitrogens with one attached hydrogen (secondary N) is 1. The highest BCUT2D eigenvalue weighted by Gasteiger charge is 2.27. The number of hydrogen-bond donors (Lipinski definition) is 1. The second kappa shape index (κ2) is 9.84. The molecule has 6 nitrogen and oxygen atoms in total. The van der Waals surface area contributed by atoms with E-state index in [1.807, 2.05) is 42.5 Å². The Morgan fingerprint density at radius 3 is 2.79 bits per heavy atom. The van der Waals surface area contributed by atoms with E-state index in [0.29, 0.717) is 11.5 Å². The van der Waals surface area contributed by atoms with Crippen molar-refractivity contribution >= 4 is 34.4 Å². The maximum absolute atomic E-state index is 13.3. The van der Waals surface area contributed by atoms with Gasteiger partial charge in [-0.1, -0.05) is 38.0 Å². The lowest BCUT2D eigenvalue weighted by atomic mass is 9.86. The number of nitrogens with zero attached hydrogens (tertiary/aromatic N) is 1. The summed E-state index contributed by atoms with van der Waals surface area (Å²) in [4.78, 5) is 30.8. The number of para-hydroxylation sites is 1. The van der Waals surface area contributed by atoms with E-state index in [9.17, 15) is 9.59 Å². The van der Waals surface area contributed by atoms with E-state index in [4.69, 9.17) is 14.1 Å². The van der Waals surface area contributed by atoms with Crippen molar-refractivity contribution in [3.63, 3.8) is 0 Å². The van der Waals surface area contributed by atoms with E-state index in [0.717, 1.165) is 72.0 Å². The molecule has 0 aliphatic heterocycles. The molecular weight excluding hydrogens is 428 g/mol. The first-order valence-corrected chi connectivity index (χ1v) is 12.2. The van der Waals surface area contributed by atoms with Crippen LogP contribution >= 0.6 is 0 Å². The molecule has 2 aromatic heterocycles. The molecule has 2 atom stereocenters. The quantitative estimate of drug-likeness (QED) is 0.507. The fourth-order valence-corrected chi connectivity index (χ4v) is 5.24. The minimum absolute atomic E-state index is 0.156. The molecule has 1 N–H and O–H groups in total. The highest BCUT2D eigenvalue weighted by molar-refractivity contribution is 6.07. The van der Waals surface area contributed by atoms with Gasteiger partial charge in [-0.15, -0.1) is 0 Å². The van der Waals surface area contributed by atoms with Crippen molar-refractivity contribution in [2.45, 2.75) is 57.9 Å². The molecule has 0 radical (unpaired) electrons. The zero-order valence-corrected chi connectivity index (χ0v) is 19.5. The number of carbonyl (C=O) groups excluding carboxylic acids is 2. The van der Waals surface area contributed by atoms with Crippen LogP contribution < -0.4 is 5.32 Å². The first-order chi connectivity index (χ1) is 16.6. The molecule has 2 aliphatic rings. The van der Waals surface area contributed by atoms with Gasteiger partial charge in [0.1, 0.15) is 5.76 Å². The van der Waals surface area contributed by atoms with Gasteiger partial charge in [-0.25, -0.2) is 9.78 Å². The number of esters is 1. The predicted molar refractivity (Wildman–Crippen MR) is 131 cm³/mol. The third-order valence-electron chi connectivity index (χ3n) is 7.03. The van der Waals surface area contributed by atoms with Gasteiger partial charge in [-0.2, -0.15) is 0 Å².